The zero-order chi connectivity index (χ0) is 13.7. The van der Waals surface area contributed by atoms with Gasteiger partial charge in [-0.2, -0.15) is 0 Å². The summed E-state index contributed by atoms with van der Waals surface area (Å²) in [6.45, 7) is 10.5. The van der Waals surface area contributed by atoms with E-state index in [2.05, 4.69) is 42.0 Å². The fourth-order valence-electron chi connectivity index (χ4n) is 2.88. The first-order valence-corrected chi connectivity index (χ1v) is 7.53. The van der Waals surface area contributed by atoms with Crippen LogP contribution in [0.2, 0.25) is 0 Å². The number of hydrogen-bond donors (Lipinski definition) is 1. The average Bonchev–Trinajstić information content (AvgIpc) is 2.41. The van der Waals surface area contributed by atoms with Crippen molar-refractivity contribution >= 4 is 0 Å². The second-order valence-electron chi connectivity index (χ2n) is 6.14. The topological polar surface area (TPSA) is 28.2 Å². The van der Waals surface area contributed by atoms with Crippen molar-refractivity contribution in [1.29, 1.82) is 0 Å². The summed E-state index contributed by atoms with van der Waals surface area (Å²) in [5.74, 6) is 0.777. The van der Waals surface area contributed by atoms with E-state index >= 15 is 0 Å². The van der Waals surface area contributed by atoms with E-state index in [0.29, 0.717) is 12.1 Å². The van der Waals surface area contributed by atoms with Gasteiger partial charge in [-0.05, 0) is 50.4 Å². The molecule has 0 unspecified atom stereocenters. The smallest absolute Gasteiger partial charge is 0.0315 e. The third-order valence-corrected chi connectivity index (χ3v) is 3.88. The van der Waals surface area contributed by atoms with Crippen molar-refractivity contribution in [2.75, 3.05) is 19.6 Å². The summed E-state index contributed by atoms with van der Waals surface area (Å²) in [6.07, 6.45) is 6.32. The van der Waals surface area contributed by atoms with Gasteiger partial charge in [0.1, 0.15) is 0 Å². The van der Waals surface area contributed by atoms with E-state index in [0.717, 1.165) is 5.92 Å². The summed E-state index contributed by atoms with van der Waals surface area (Å²) in [7, 11) is 0. The summed E-state index contributed by atoms with van der Waals surface area (Å²) < 4.78 is 0. The highest BCUT2D eigenvalue weighted by molar-refractivity contribution is 5.13. The Kier molecular flexibility index (Phi) is 5.34. The van der Waals surface area contributed by atoms with Crippen LogP contribution >= 0.6 is 0 Å². The van der Waals surface area contributed by atoms with Gasteiger partial charge in [-0.15, -0.1) is 0 Å². The molecule has 0 radical (unpaired) electrons. The average molecular weight is 261 g/mol. The lowest BCUT2D eigenvalue weighted by atomic mass is 10.0. The first-order valence-electron chi connectivity index (χ1n) is 7.53. The minimum Gasteiger partial charge on any atom is -0.307 e. The predicted octanol–water partition coefficient (Wildman–Crippen LogP) is 2.85. The Morgan fingerprint density at radius 3 is 2.63 bits per heavy atom. The Morgan fingerprint density at radius 2 is 2.05 bits per heavy atom. The SMILES string of the molecule is CC(C)CN1CCC(N[C@@H](C)c2cccnc2)CC1. The van der Waals surface area contributed by atoms with Crippen LogP contribution < -0.4 is 5.32 Å². The van der Waals surface area contributed by atoms with Crippen LogP contribution in [-0.2, 0) is 0 Å². The second kappa shape index (κ2) is 7.01. The van der Waals surface area contributed by atoms with Crippen molar-refractivity contribution in [2.45, 2.75) is 45.7 Å². The molecule has 1 aliphatic rings. The summed E-state index contributed by atoms with van der Waals surface area (Å²) in [6, 6.07) is 5.21. The molecular formula is C16H27N3. The van der Waals surface area contributed by atoms with E-state index in [9.17, 15) is 0 Å². The molecule has 2 rings (SSSR count). The molecule has 1 aliphatic heterocycles. The van der Waals surface area contributed by atoms with Gasteiger partial charge >= 0.3 is 0 Å². The Bertz CT molecular complexity index is 356. The first-order chi connectivity index (χ1) is 9.15. The minimum atomic E-state index is 0.398. The number of pyridine rings is 1. The van der Waals surface area contributed by atoms with Gasteiger partial charge < -0.3 is 10.2 Å². The van der Waals surface area contributed by atoms with Crippen molar-refractivity contribution in [1.82, 2.24) is 15.2 Å². The van der Waals surface area contributed by atoms with Gasteiger partial charge in [0.05, 0.1) is 0 Å². The molecule has 1 aromatic rings. The molecule has 2 heterocycles. The van der Waals surface area contributed by atoms with Gasteiger partial charge in [0, 0.05) is 31.0 Å². The van der Waals surface area contributed by atoms with E-state index in [1.165, 1.54) is 38.0 Å². The Balaban J connectivity index is 1.76. The van der Waals surface area contributed by atoms with Gasteiger partial charge in [0.25, 0.3) is 0 Å². The monoisotopic (exact) mass is 261 g/mol. The van der Waals surface area contributed by atoms with Crippen LogP contribution in [0.5, 0.6) is 0 Å². The third-order valence-electron chi connectivity index (χ3n) is 3.88. The predicted molar refractivity (Wildman–Crippen MR) is 80.1 cm³/mol. The van der Waals surface area contributed by atoms with Gasteiger partial charge in [0.15, 0.2) is 0 Å². The first kappa shape index (κ1) is 14.5. The molecule has 0 saturated carbocycles. The van der Waals surface area contributed by atoms with Gasteiger partial charge in [0.2, 0.25) is 0 Å². The fraction of sp³-hybridized carbons (Fsp3) is 0.688. The van der Waals surface area contributed by atoms with Crippen LogP contribution in [0.15, 0.2) is 24.5 Å². The normalized spacial score (nSPS) is 19.8. The number of nitrogens with zero attached hydrogens (tertiary/aromatic N) is 2. The minimum absolute atomic E-state index is 0.398. The zero-order valence-corrected chi connectivity index (χ0v) is 12.5. The molecule has 0 aliphatic carbocycles. The molecule has 19 heavy (non-hydrogen) atoms. The molecule has 0 spiro atoms. The van der Waals surface area contributed by atoms with Crippen molar-refractivity contribution < 1.29 is 0 Å². The quantitative estimate of drug-likeness (QED) is 0.883. The number of piperidine rings is 1. The number of nitrogens with one attached hydrogen (secondary N) is 1. The molecule has 1 aromatic heterocycles. The van der Waals surface area contributed by atoms with Crippen LogP contribution in [0.25, 0.3) is 0 Å². The van der Waals surface area contributed by atoms with Crippen molar-refractivity contribution in [3.8, 4) is 0 Å². The molecule has 3 heteroatoms. The summed E-state index contributed by atoms with van der Waals surface area (Å²) in [4.78, 5) is 6.79. The highest BCUT2D eigenvalue weighted by atomic mass is 15.1. The van der Waals surface area contributed by atoms with E-state index in [-0.39, 0.29) is 0 Å². The molecule has 1 saturated heterocycles. The van der Waals surface area contributed by atoms with E-state index in [4.69, 9.17) is 0 Å². The number of rotatable bonds is 5. The maximum Gasteiger partial charge on any atom is 0.0315 e. The number of aromatic nitrogens is 1. The van der Waals surface area contributed by atoms with Gasteiger partial charge in [-0.3, -0.25) is 4.98 Å². The van der Waals surface area contributed by atoms with Crippen molar-refractivity contribution in [3.63, 3.8) is 0 Å². The van der Waals surface area contributed by atoms with Crippen LogP contribution in [0.3, 0.4) is 0 Å². The van der Waals surface area contributed by atoms with Crippen LogP contribution in [-0.4, -0.2) is 35.6 Å². The standard InChI is InChI=1S/C16H27N3/c1-13(2)12-19-9-6-16(7-10-19)18-14(3)15-5-4-8-17-11-15/h4-5,8,11,13-14,16,18H,6-7,9-10,12H2,1-3H3/t14-/m0/s1. The fourth-order valence-corrected chi connectivity index (χ4v) is 2.88. The third kappa shape index (κ3) is 4.59. The second-order valence-corrected chi connectivity index (χ2v) is 6.14. The molecule has 106 valence electrons. The zero-order valence-electron chi connectivity index (χ0n) is 12.5. The molecule has 3 nitrogen and oxygen atoms in total. The Labute approximate surface area is 117 Å². The summed E-state index contributed by atoms with van der Waals surface area (Å²) in [5, 5.41) is 3.74. The van der Waals surface area contributed by atoms with Crippen molar-refractivity contribution in [2.24, 2.45) is 5.92 Å². The Morgan fingerprint density at radius 1 is 1.32 bits per heavy atom. The molecule has 0 aromatic carbocycles. The highest BCUT2D eigenvalue weighted by Gasteiger charge is 2.21. The molecule has 0 amide bonds. The van der Waals surface area contributed by atoms with Crippen molar-refractivity contribution in [3.05, 3.63) is 30.1 Å². The van der Waals surface area contributed by atoms with E-state index < -0.39 is 0 Å². The summed E-state index contributed by atoms with van der Waals surface area (Å²) >= 11 is 0. The van der Waals surface area contributed by atoms with E-state index in [1.807, 2.05) is 18.5 Å². The number of hydrogen-bond acceptors (Lipinski definition) is 3. The maximum absolute atomic E-state index is 4.20. The number of likely N-dealkylation sites (tertiary alicyclic amines) is 1. The molecule has 1 atom stereocenters. The largest absolute Gasteiger partial charge is 0.307 e. The summed E-state index contributed by atoms with van der Waals surface area (Å²) in [5.41, 5.74) is 1.28. The molecular weight excluding hydrogens is 234 g/mol. The highest BCUT2D eigenvalue weighted by Crippen LogP contribution is 2.17. The van der Waals surface area contributed by atoms with Crippen LogP contribution in [0, 0.1) is 5.92 Å². The van der Waals surface area contributed by atoms with Crippen LogP contribution in [0.4, 0.5) is 0 Å². The van der Waals surface area contributed by atoms with Gasteiger partial charge in [-0.25, -0.2) is 0 Å². The molecule has 1 fully saturated rings. The lowest BCUT2D eigenvalue weighted by Gasteiger charge is -2.34. The Hall–Kier alpha value is -0.930. The van der Waals surface area contributed by atoms with E-state index in [1.54, 1.807) is 0 Å². The maximum atomic E-state index is 4.20. The molecule has 1 N–H and O–H groups in total. The lowest BCUT2D eigenvalue weighted by Crippen LogP contribution is -2.44. The molecule has 0 bridgehead atoms. The van der Waals surface area contributed by atoms with Gasteiger partial charge in [-0.1, -0.05) is 19.9 Å². The lowest BCUT2D eigenvalue weighted by molar-refractivity contribution is 0.175. The van der Waals surface area contributed by atoms with Crippen LogP contribution in [0.1, 0.15) is 45.2 Å².